The number of amides is 1. The first-order valence-electron chi connectivity index (χ1n) is 6.09. The minimum atomic E-state index is -0.118. The second-order valence-electron chi connectivity index (χ2n) is 4.15. The highest BCUT2D eigenvalue weighted by Crippen LogP contribution is 2.15. The van der Waals surface area contributed by atoms with Crippen molar-refractivity contribution in [1.29, 1.82) is 0 Å². The molecule has 0 atom stereocenters. The molecule has 0 unspecified atom stereocenters. The van der Waals surface area contributed by atoms with Crippen LogP contribution in [0.2, 0.25) is 0 Å². The number of thiophene rings is 1. The predicted molar refractivity (Wildman–Crippen MR) is 81.3 cm³/mol. The van der Waals surface area contributed by atoms with Crippen molar-refractivity contribution < 1.29 is 9.53 Å². The average molecular weight is 288 g/mol. The fourth-order valence-corrected chi connectivity index (χ4v) is 2.28. The molecule has 0 fully saturated rings. The maximum absolute atomic E-state index is 11.8. The van der Waals surface area contributed by atoms with Crippen LogP contribution in [0.1, 0.15) is 10.4 Å². The molecule has 0 bridgehead atoms. The van der Waals surface area contributed by atoms with E-state index >= 15 is 0 Å². The molecule has 0 saturated heterocycles. The summed E-state index contributed by atoms with van der Waals surface area (Å²) < 4.78 is 5.07. The van der Waals surface area contributed by atoms with Crippen LogP contribution in [-0.2, 0) is 11.2 Å². The van der Waals surface area contributed by atoms with Gasteiger partial charge in [0.25, 0.3) is 0 Å². The van der Waals surface area contributed by atoms with Crippen LogP contribution >= 0.6 is 11.3 Å². The molecule has 5 heteroatoms. The van der Waals surface area contributed by atoms with Gasteiger partial charge >= 0.3 is 0 Å². The topological polar surface area (TPSA) is 50.4 Å². The summed E-state index contributed by atoms with van der Waals surface area (Å²) in [6, 6.07) is 11.3. The van der Waals surface area contributed by atoms with Crippen LogP contribution in [0.3, 0.4) is 0 Å². The summed E-state index contributed by atoms with van der Waals surface area (Å²) in [5.41, 5.74) is 7.06. The number of rotatable bonds is 6. The van der Waals surface area contributed by atoms with Gasteiger partial charge in [-0.05, 0) is 29.1 Å². The average Bonchev–Trinajstić information content (AvgIpc) is 3.00. The summed E-state index contributed by atoms with van der Waals surface area (Å²) in [5.74, 6) is 0.659. The van der Waals surface area contributed by atoms with E-state index in [-0.39, 0.29) is 5.91 Å². The lowest BCUT2D eigenvalue weighted by Gasteiger charge is -2.10. The van der Waals surface area contributed by atoms with Crippen molar-refractivity contribution in [2.75, 3.05) is 7.11 Å². The second-order valence-corrected chi connectivity index (χ2v) is 5.10. The molecule has 4 nitrogen and oxygen atoms in total. The first kappa shape index (κ1) is 14.1. The van der Waals surface area contributed by atoms with Crippen LogP contribution in [-0.4, -0.2) is 13.0 Å². The number of hydrazine groups is 1. The molecule has 2 aromatic rings. The zero-order valence-corrected chi connectivity index (χ0v) is 12.0. The van der Waals surface area contributed by atoms with Gasteiger partial charge in [0, 0.05) is 0 Å². The minimum Gasteiger partial charge on any atom is -0.497 e. The van der Waals surface area contributed by atoms with E-state index in [2.05, 4.69) is 17.4 Å². The van der Waals surface area contributed by atoms with Gasteiger partial charge in [0.1, 0.15) is 5.75 Å². The van der Waals surface area contributed by atoms with Gasteiger partial charge in [-0.2, -0.15) is 0 Å². The quantitative estimate of drug-likeness (QED) is 0.803. The molecule has 2 N–H and O–H groups in total. The number of carbonyl (C=O) groups is 1. The number of methoxy groups -OCH3 is 1. The molecule has 2 rings (SSSR count). The molecule has 20 heavy (non-hydrogen) atoms. The number of hydrogen-bond donors (Lipinski definition) is 2. The van der Waals surface area contributed by atoms with E-state index in [9.17, 15) is 4.79 Å². The zero-order chi connectivity index (χ0) is 14.4. The number of hydrogen-bond acceptors (Lipinski definition) is 4. The van der Waals surface area contributed by atoms with E-state index in [4.69, 9.17) is 4.74 Å². The van der Waals surface area contributed by atoms with E-state index in [0.717, 1.165) is 16.2 Å². The Bertz CT molecular complexity index is 576. The SMILES string of the molecule is C=C(NNC(=O)Cc1ccc(OC)cc1)c1cccs1. The van der Waals surface area contributed by atoms with Crippen molar-refractivity contribution in [3.63, 3.8) is 0 Å². The Morgan fingerprint density at radius 3 is 2.60 bits per heavy atom. The van der Waals surface area contributed by atoms with Gasteiger partial charge < -0.3 is 4.74 Å². The van der Waals surface area contributed by atoms with E-state index in [0.29, 0.717) is 12.1 Å². The lowest BCUT2D eigenvalue weighted by Crippen LogP contribution is -2.36. The van der Waals surface area contributed by atoms with Crippen LogP contribution < -0.4 is 15.6 Å². The standard InChI is InChI=1S/C15H16N2O2S/c1-11(14-4-3-9-20-14)16-17-15(18)10-12-5-7-13(19-2)8-6-12/h3-9,16H,1,10H2,2H3,(H,17,18). The molecule has 0 aliphatic heterocycles. The number of benzene rings is 1. The van der Waals surface area contributed by atoms with Crippen LogP contribution in [0, 0.1) is 0 Å². The van der Waals surface area contributed by atoms with Gasteiger partial charge in [0.15, 0.2) is 0 Å². The molecular formula is C15H16N2O2S. The highest BCUT2D eigenvalue weighted by atomic mass is 32.1. The third kappa shape index (κ3) is 3.86. The van der Waals surface area contributed by atoms with Crippen molar-refractivity contribution >= 4 is 22.9 Å². The molecule has 0 aliphatic rings. The van der Waals surface area contributed by atoms with Crippen LogP contribution in [0.5, 0.6) is 5.75 Å². The van der Waals surface area contributed by atoms with Gasteiger partial charge in [-0.25, -0.2) is 0 Å². The fraction of sp³-hybridized carbons (Fsp3) is 0.133. The van der Waals surface area contributed by atoms with E-state index < -0.39 is 0 Å². The maximum Gasteiger partial charge on any atom is 0.242 e. The van der Waals surface area contributed by atoms with Gasteiger partial charge in [0.05, 0.1) is 24.1 Å². The number of ether oxygens (including phenoxy) is 1. The zero-order valence-electron chi connectivity index (χ0n) is 11.2. The fourth-order valence-electron chi connectivity index (χ4n) is 1.63. The van der Waals surface area contributed by atoms with Gasteiger partial charge in [-0.3, -0.25) is 15.6 Å². The highest BCUT2D eigenvalue weighted by molar-refractivity contribution is 7.11. The van der Waals surface area contributed by atoms with Gasteiger partial charge in [-0.15, -0.1) is 11.3 Å². The lowest BCUT2D eigenvalue weighted by atomic mass is 10.1. The molecule has 1 amide bonds. The Hall–Kier alpha value is -2.27. The van der Waals surface area contributed by atoms with E-state index in [1.54, 1.807) is 18.4 Å². The van der Waals surface area contributed by atoms with Crippen molar-refractivity contribution in [3.05, 3.63) is 58.8 Å². The molecular weight excluding hydrogens is 272 g/mol. The molecule has 104 valence electrons. The maximum atomic E-state index is 11.8. The van der Waals surface area contributed by atoms with E-state index in [1.165, 1.54) is 0 Å². The Balaban J connectivity index is 1.81. The molecule has 1 aromatic heterocycles. The normalized spacial score (nSPS) is 9.85. The Morgan fingerprint density at radius 1 is 1.25 bits per heavy atom. The summed E-state index contributed by atoms with van der Waals surface area (Å²) in [5, 5.41) is 1.96. The van der Waals surface area contributed by atoms with E-state index in [1.807, 2.05) is 41.8 Å². The minimum absolute atomic E-state index is 0.118. The third-order valence-electron chi connectivity index (χ3n) is 2.70. The summed E-state index contributed by atoms with van der Waals surface area (Å²) in [6.07, 6.45) is 0.300. The first-order chi connectivity index (χ1) is 9.69. The first-order valence-corrected chi connectivity index (χ1v) is 6.97. The molecule has 1 aromatic carbocycles. The summed E-state index contributed by atoms with van der Waals surface area (Å²) in [7, 11) is 1.61. The van der Waals surface area contributed by atoms with Crippen LogP contribution in [0.15, 0.2) is 48.4 Å². The smallest absolute Gasteiger partial charge is 0.242 e. The van der Waals surface area contributed by atoms with Crippen molar-refractivity contribution in [2.24, 2.45) is 0 Å². The second kappa shape index (κ2) is 6.77. The molecule has 1 heterocycles. The monoisotopic (exact) mass is 288 g/mol. The third-order valence-corrected chi connectivity index (χ3v) is 3.62. The molecule has 0 aliphatic carbocycles. The summed E-state index contributed by atoms with van der Waals surface area (Å²) in [6.45, 7) is 3.87. The van der Waals surface area contributed by atoms with Crippen LogP contribution in [0.4, 0.5) is 0 Å². The Labute approximate surface area is 122 Å². The van der Waals surface area contributed by atoms with Gasteiger partial charge in [-0.1, -0.05) is 24.8 Å². The summed E-state index contributed by atoms with van der Waals surface area (Å²) in [4.78, 5) is 12.8. The van der Waals surface area contributed by atoms with Crippen molar-refractivity contribution in [3.8, 4) is 5.75 Å². The largest absolute Gasteiger partial charge is 0.497 e. The number of carbonyl (C=O) groups excluding carboxylic acids is 1. The van der Waals surface area contributed by atoms with Gasteiger partial charge in [0.2, 0.25) is 5.91 Å². The Kier molecular flexibility index (Phi) is 4.79. The number of nitrogens with one attached hydrogen (secondary N) is 2. The molecule has 0 saturated carbocycles. The highest BCUT2D eigenvalue weighted by Gasteiger charge is 2.05. The molecule has 0 spiro atoms. The molecule has 0 radical (unpaired) electrons. The van der Waals surface area contributed by atoms with Crippen molar-refractivity contribution in [2.45, 2.75) is 6.42 Å². The van der Waals surface area contributed by atoms with Crippen molar-refractivity contribution in [1.82, 2.24) is 10.9 Å². The van der Waals surface area contributed by atoms with Crippen LogP contribution in [0.25, 0.3) is 5.70 Å². The summed E-state index contributed by atoms with van der Waals surface area (Å²) >= 11 is 1.56. The Morgan fingerprint density at radius 2 is 2.00 bits per heavy atom. The lowest BCUT2D eigenvalue weighted by molar-refractivity contribution is -0.121. The predicted octanol–water partition coefficient (Wildman–Crippen LogP) is 2.59.